The van der Waals surface area contributed by atoms with Crippen molar-refractivity contribution in [2.75, 3.05) is 13.2 Å². The molecule has 1 aliphatic rings. The molecule has 1 heterocycles. The second-order valence-electron chi connectivity index (χ2n) is 6.61. The van der Waals surface area contributed by atoms with Crippen LogP contribution in [0.4, 0.5) is 0 Å². The molecule has 2 aromatic carbocycles. The Labute approximate surface area is 205 Å². The monoisotopic (exact) mass is 511 g/mol. The van der Waals surface area contributed by atoms with Crippen molar-refractivity contribution < 1.29 is 24.2 Å². The molecule has 0 unspecified atom stereocenters. The highest BCUT2D eigenvalue weighted by Gasteiger charge is 2.32. The number of benzene rings is 2. The summed E-state index contributed by atoms with van der Waals surface area (Å²) >= 11 is 18.8. The predicted molar refractivity (Wildman–Crippen MR) is 131 cm³/mol. The van der Waals surface area contributed by atoms with Crippen LogP contribution in [0.1, 0.15) is 24.5 Å². The highest BCUT2D eigenvalue weighted by molar-refractivity contribution is 8.26. The zero-order chi connectivity index (χ0) is 23.3. The summed E-state index contributed by atoms with van der Waals surface area (Å²) in [6.45, 7) is 2.48. The van der Waals surface area contributed by atoms with Gasteiger partial charge in [-0.1, -0.05) is 59.3 Å². The maximum Gasteiger partial charge on any atom is 0.305 e. The maximum atomic E-state index is 12.6. The number of thioether (sulfide) groups is 1. The lowest BCUT2D eigenvalue weighted by Gasteiger charge is -2.14. The topological polar surface area (TPSA) is 76.1 Å². The van der Waals surface area contributed by atoms with Crippen molar-refractivity contribution in [2.24, 2.45) is 0 Å². The van der Waals surface area contributed by atoms with E-state index in [-0.39, 0.29) is 25.5 Å². The molecule has 6 nitrogen and oxygen atoms in total. The van der Waals surface area contributed by atoms with Gasteiger partial charge in [-0.15, -0.1) is 0 Å². The number of thiocarbonyl (C=S) groups is 1. The molecule has 32 heavy (non-hydrogen) atoms. The van der Waals surface area contributed by atoms with Gasteiger partial charge in [0.05, 0.1) is 17.9 Å². The highest BCUT2D eigenvalue weighted by Crippen LogP contribution is 2.35. The molecule has 0 spiro atoms. The van der Waals surface area contributed by atoms with Gasteiger partial charge in [0.25, 0.3) is 5.91 Å². The van der Waals surface area contributed by atoms with Gasteiger partial charge in [0.1, 0.15) is 10.9 Å². The number of nitrogens with zero attached hydrogens (tertiary/aromatic N) is 1. The Hall–Kier alpha value is -2.26. The van der Waals surface area contributed by atoms with Crippen LogP contribution in [-0.2, 0) is 16.2 Å². The van der Waals surface area contributed by atoms with Gasteiger partial charge in [-0.2, -0.15) is 0 Å². The third-order valence-corrected chi connectivity index (χ3v) is 6.51. The molecule has 0 aliphatic carbocycles. The maximum absolute atomic E-state index is 12.6. The predicted octanol–water partition coefficient (Wildman–Crippen LogP) is 5.65. The summed E-state index contributed by atoms with van der Waals surface area (Å²) in [5, 5.41) is 9.88. The zero-order valence-electron chi connectivity index (χ0n) is 17.0. The summed E-state index contributed by atoms with van der Waals surface area (Å²) in [5.74, 6) is -0.286. The molecule has 3 rings (SSSR count). The van der Waals surface area contributed by atoms with Gasteiger partial charge in [-0.3, -0.25) is 14.5 Å². The molecule has 0 aromatic heterocycles. The number of carbonyl (C=O) groups excluding carboxylic acids is 1. The number of carboxylic acid groups (broad SMARTS) is 1. The van der Waals surface area contributed by atoms with Crippen molar-refractivity contribution in [2.45, 2.75) is 20.0 Å². The van der Waals surface area contributed by atoms with E-state index in [1.807, 2.05) is 6.92 Å². The average molecular weight is 512 g/mol. The molecule has 0 atom stereocenters. The fourth-order valence-corrected chi connectivity index (χ4v) is 4.69. The van der Waals surface area contributed by atoms with Crippen molar-refractivity contribution in [3.8, 4) is 11.5 Å². The van der Waals surface area contributed by atoms with Gasteiger partial charge in [-0.25, -0.2) is 0 Å². The average Bonchev–Trinajstić information content (AvgIpc) is 3.00. The van der Waals surface area contributed by atoms with Gasteiger partial charge < -0.3 is 14.6 Å². The standard InChI is InChI=1S/C22H19Cl2NO5S2/c1-2-29-18-10-13(11-19-21(28)25(22(31)32-19)9-8-20(26)27)6-7-17(18)30-12-14-15(23)4-3-5-16(14)24/h3-7,10-11H,2,8-9,12H2,1H3,(H,26,27)/b19-11-. The Balaban J connectivity index is 1.79. The number of ether oxygens (including phenoxy) is 2. The van der Waals surface area contributed by atoms with Crippen LogP contribution in [0, 0.1) is 0 Å². The van der Waals surface area contributed by atoms with Gasteiger partial charge >= 0.3 is 5.97 Å². The zero-order valence-corrected chi connectivity index (χ0v) is 20.1. The number of hydrogen-bond donors (Lipinski definition) is 1. The first-order valence-electron chi connectivity index (χ1n) is 9.59. The molecule has 0 radical (unpaired) electrons. The Morgan fingerprint density at radius 3 is 2.56 bits per heavy atom. The molecule has 0 bridgehead atoms. The molecule has 1 aliphatic heterocycles. The van der Waals surface area contributed by atoms with Crippen molar-refractivity contribution in [3.63, 3.8) is 0 Å². The lowest BCUT2D eigenvalue weighted by atomic mass is 10.1. The van der Waals surface area contributed by atoms with Crippen LogP contribution in [0.5, 0.6) is 11.5 Å². The molecule has 1 amide bonds. The first-order chi connectivity index (χ1) is 15.3. The number of amides is 1. The lowest BCUT2D eigenvalue weighted by molar-refractivity contribution is -0.137. The van der Waals surface area contributed by atoms with Gasteiger partial charge in [0.2, 0.25) is 0 Å². The van der Waals surface area contributed by atoms with Crippen LogP contribution in [-0.4, -0.2) is 39.4 Å². The molecular weight excluding hydrogens is 493 g/mol. The smallest absolute Gasteiger partial charge is 0.305 e. The number of halogens is 2. The molecule has 1 fully saturated rings. The molecule has 2 aromatic rings. The second-order valence-corrected chi connectivity index (χ2v) is 9.10. The summed E-state index contributed by atoms with van der Waals surface area (Å²) in [6, 6.07) is 10.5. The summed E-state index contributed by atoms with van der Waals surface area (Å²) < 4.78 is 11.9. The van der Waals surface area contributed by atoms with Crippen molar-refractivity contribution in [1.29, 1.82) is 0 Å². The normalized spacial score (nSPS) is 14.8. The first-order valence-corrected chi connectivity index (χ1v) is 11.6. The molecular formula is C22H19Cl2NO5S2. The van der Waals surface area contributed by atoms with E-state index < -0.39 is 5.97 Å². The summed E-state index contributed by atoms with van der Waals surface area (Å²) in [4.78, 5) is 25.1. The Bertz CT molecular complexity index is 1070. The van der Waals surface area contributed by atoms with Crippen LogP contribution in [0.15, 0.2) is 41.3 Å². The molecule has 10 heteroatoms. The van der Waals surface area contributed by atoms with E-state index in [4.69, 9.17) is 50.0 Å². The van der Waals surface area contributed by atoms with Crippen LogP contribution < -0.4 is 9.47 Å². The SMILES string of the molecule is CCOc1cc(/C=C2\SC(=S)N(CCC(=O)O)C2=O)ccc1OCc1c(Cl)cccc1Cl. The quantitative estimate of drug-likeness (QED) is 0.344. The molecule has 1 saturated heterocycles. The minimum Gasteiger partial charge on any atom is -0.490 e. The minimum absolute atomic E-state index is 0.0406. The van der Waals surface area contributed by atoms with Crippen LogP contribution in [0.25, 0.3) is 6.08 Å². The Kier molecular flexibility index (Phi) is 8.42. The summed E-state index contributed by atoms with van der Waals surface area (Å²) in [5.41, 5.74) is 1.39. The van der Waals surface area contributed by atoms with E-state index in [1.54, 1.807) is 42.5 Å². The Morgan fingerprint density at radius 2 is 1.91 bits per heavy atom. The number of rotatable bonds is 9. The number of carbonyl (C=O) groups is 2. The van der Waals surface area contributed by atoms with E-state index >= 15 is 0 Å². The van der Waals surface area contributed by atoms with E-state index in [9.17, 15) is 9.59 Å². The molecule has 1 N–H and O–H groups in total. The van der Waals surface area contributed by atoms with Crippen molar-refractivity contribution >= 4 is 69.5 Å². The number of carboxylic acids is 1. The highest BCUT2D eigenvalue weighted by atomic mass is 35.5. The fraction of sp³-hybridized carbons (Fsp3) is 0.227. The fourth-order valence-electron chi connectivity index (χ4n) is 2.87. The second kappa shape index (κ2) is 11.0. The third kappa shape index (κ3) is 5.95. The third-order valence-electron chi connectivity index (χ3n) is 4.42. The van der Waals surface area contributed by atoms with E-state index in [0.29, 0.717) is 42.9 Å². The largest absolute Gasteiger partial charge is 0.490 e. The van der Waals surface area contributed by atoms with Gasteiger partial charge in [0.15, 0.2) is 11.5 Å². The van der Waals surface area contributed by atoms with E-state index in [0.717, 1.165) is 17.3 Å². The van der Waals surface area contributed by atoms with Gasteiger partial charge in [-0.05, 0) is 42.8 Å². The van der Waals surface area contributed by atoms with Crippen molar-refractivity contribution in [1.82, 2.24) is 4.90 Å². The van der Waals surface area contributed by atoms with Crippen LogP contribution >= 0.6 is 47.2 Å². The Morgan fingerprint density at radius 1 is 1.19 bits per heavy atom. The van der Waals surface area contributed by atoms with Crippen LogP contribution in [0.2, 0.25) is 10.0 Å². The first kappa shape index (κ1) is 24.4. The van der Waals surface area contributed by atoms with Crippen molar-refractivity contribution in [3.05, 3.63) is 62.5 Å². The van der Waals surface area contributed by atoms with E-state index in [1.165, 1.54) is 4.90 Å². The number of aliphatic carboxylic acids is 1. The van der Waals surface area contributed by atoms with E-state index in [2.05, 4.69) is 0 Å². The number of hydrogen-bond acceptors (Lipinski definition) is 6. The molecule has 168 valence electrons. The molecule has 0 saturated carbocycles. The summed E-state index contributed by atoms with van der Waals surface area (Å²) in [6.07, 6.45) is 1.52. The summed E-state index contributed by atoms with van der Waals surface area (Å²) in [7, 11) is 0. The minimum atomic E-state index is -0.988. The van der Waals surface area contributed by atoms with Gasteiger partial charge in [0, 0.05) is 22.2 Å². The lowest BCUT2D eigenvalue weighted by Crippen LogP contribution is -2.30. The van der Waals surface area contributed by atoms with Crippen LogP contribution in [0.3, 0.4) is 0 Å².